The molecule has 1 aliphatic heterocycles. The van der Waals surface area contributed by atoms with E-state index in [4.69, 9.17) is 14.6 Å². The molecule has 2 aliphatic rings. The Kier molecular flexibility index (Phi) is 9.33. The van der Waals surface area contributed by atoms with Gasteiger partial charge in [-0.15, -0.1) is 11.3 Å². The fourth-order valence-electron chi connectivity index (χ4n) is 5.06. The van der Waals surface area contributed by atoms with Gasteiger partial charge in [-0.05, 0) is 68.4 Å². The van der Waals surface area contributed by atoms with E-state index < -0.39 is 12.1 Å². The van der Waals surface area contributed by atoms with Crippen molar-refractivity contribution in [2.45, 2.75) is 76.3 Å². The molecule has 2 N–H and O–H groups in total. The Morgan fingerprint density at radius 3 is 2.88 bits per heavy atom. The largest absolute Gasteiger partial charge is 0.481 e. The van der Waals surface area contributed by atoms with Crippen LogP contribution in [0, 0.1) is 11.8 Å². The molecular formula is C28H36O5S. The van der Waals surface area contributed by atoms with Gasteiger partial charge in [0.1, 0.15) is 0 Å². The molecule has 1 aliphatic carbocycles. The van der Waals surface area contributed by atoms with Crippen LogP contribution in [0.3, 0.4) is 0 Å². The highest BCUT2D eigenvalue weighted by Gasteiger charge is 2.42. The number of carbonyl (C=O) groups is 1. The van der Waals surface area contributed by atoms with Gasteiger partial charge in [0.15, 0.2) is 6.29 Å². The SMILES string of the molecule is O=C(O)CCC/C=C\C[C@@H]1[C@@H](/C=C/Cc2cc3ccccc3s2)[C@H](OC2CCCCO2)C[C@@H]1O. The van der Waals surface area contributed by atoms with Crippen LogP contribution in [-0.2, 0) is 20.7 Å². The van der Waals surface area contributed by atoms with Crippen molar-refractivity contribution in [1.82, 2.24) is 0 Å². The van der Waals surface area contributed by atoms with Crippen LogP contribution in [0.4, 0.5) is 0 Å². The lowest BCUT2D eigenvalue weighted by Crippen LogP contribution is -2.30. The summed E-state index contributed by atoms with van der Waals surface area (Å²) in [5.41, 5.74) is 0. The zero-order valence-corrected chi connectivity index (χ0v) is 20.5. The standard InChI is InChI=1S/C28H36O5S/c29-24-19-25(33-28-16-7-8-17-32-28)23(22(24)12-3-1-2-4-15-27(30)31)13-9-11-21-18-20-10-5-6-14-26(20)34-21/h1,3,5-6,9-10,13-14,18,22-25,28-29H,2,4,7-8,11-12,15-17,19H2,(H,30,31)/b3-1-,13-9+/t22-,23-,24+,25-,28?/m1/s1. The maximum absolute atomic E-state index is 10.9. The molecule has 2 heterocycles. The predicted octanol–water partition coefficient (Wildman–Crippen LogP) is 6.11. The summed E-state index contributed by atoms with van der Waals surface area (Å²) < 4.78 is 13.5. The fraction of sp³-hybridized carbons (Fsp3) is 0.536. The third kappa shape index (κ3) is 7.01. The molecule has 5 atom stereocenters. The molecule has 184 valence electrons. The van der Waals surface area contributed by atoms with Crippen LogP contribution >= 0.6 is 11.3 Å². The van der Waals surface area contributed by atoms with E-state index in [1.54, 1.807) is 0 Å². The fourth-order valence-corrected chi connectivity index (χ4v) is 6.10. The van der Waals surface area contributed by atoms with Crippen LogP contribution in [0.2, 0.25) is 0 Å². The van der Waals surface area contributed by atoms with E-state index in [-0.39, 0.29) is 30.7 Å². The van der Waals surface area contributed by atoms with E-state index >= 15 is 0 Å². The molecule has 0 spiro atoms. The minimum Gasteiger partial charge on any atom is -0.481 e. The molecule has 6 heteroatoms. The van der Waals surface area contributed by atoms with E-state index in [9.17, 15) is 9.90 Å². The normalized spacial score (nSPS) is 27.9. The first-order valence-electron chi connectivity index (χ1n) is 12.6. The number of aliphatic carboxylic acids is 1. The van der Waals surface area contributed by atoms with Crippen molar-refractivity contribution in [3.8, 4) is 0 Å². The minimum atomic E-state index is -0.756. The number of hydrogen-bond donors (Lipinski definition) is 2. The molecular weight excluding hydrogens is 448 g/mol. The second-order valence-electron chi connectivity index (χ2n) is 9.39. The summed E-state index contributed by atoms with van der Waals surface area (Å²) in [6, 6.07) is 10.7. The molecule has 0 radical (unpaired) electrons. The highest BCUT2D eigenvalue weighted by molar-refractivity contribution is 7.19. The van der Waals surface area contributed by atoms with Gasteiger partial charge in [0.05, 0.1) is 12.2 Å². The van der Waals surface area contributed by atoms with Gasteiger partial charge < -0.3 is 19.7 Å². The number of aliphatic hydroxyl groups excluding tert-OH is 1. The molecule has 1 saturated carbocycles. The summed E-state index contributed by atoms with van der Waals surface area (Å²) >= 11 is 1.83. The summed E-state index contributed by atoms with van der Waals surface area (Å²) in [5.74, 6) is -0.546. The topological polar surface area (TPSA) is 76.0 Å². The van der Waals surface area contributed by atoms with Crippen molar-refractivity contribution in [2.75, 3.05) is 6.61 Å². The van der Waals surface area contributed by atoms with Crippen molar-refractivity contribution in [3.05, 3.63) is 59.5 Å². The van der Waals surface area contributed by atoms with Gasteiger partial charge >= 0.3 is 5.97 Å². The second-order valence-corrected chi connectivity index (χ2v) is 10.6. The lowest BCUT2D eigenvalue weighted by Gasteiger charge is -2.29. The molecule has 5 nitrogen and oxygen atoms in total. The lowest BCUT2D eigenvalue weighted by molar-refractivity contribution is -0.193. The number of fused-ring (bicyclic) bond motifs is 1. The molecule has 0 amide bonds. The zero-order chi connectivity index (χ0) is 23.8. The highest BCUT2D eigenvalue weighted by Crippen LogP contribution is 2.39. The molecule has 1 unspecified atom stereocenters. The number of ether oxygens (including phenoxy) is 2. The van der Waals surface area contributed by atoms with Crippen LogP contribution in [0.5, 0.6) is 0 Å². The number of rotatable bonds is 11. The first-order chi connectivity index (χ1) is 16.6. The maximum Gasteiger partial charge on any atom is 0.303 e. The number of hydrogen-bond acceptors (Lipinski definition) is 5. The van der Waals surface area contributed by atoms with E-state index in [0.29, 0.717) is 12.8 Å². The molecule has 0 bridgehead atoms. The first kappa shape index (κ1) is 25.1. The van der Waals surface area contributed by atoms with Crippen molar-refractivity contribution in [3.63, 3.8) is 0 Å². The monoisotopic (exact) mass is 484 g/mol. The molecule has 1 aromatic heterocycles. The minimum absolute atomic E-state index is 0.0535. The Morgan fingerprint density at radius 2 is 2.09 bits per heavy atom. The van der Waals surface area contributed by atoms with Crippen LogP contribution in [-0.4, -0.2) is 41.3 Å². The number of thiophene rings is 1. The Bertz CT molecular complexity index is 941. The van der Waals surface area contributed by atoms with Gasteiger partial charge in [-0.2, -0.15) is 0 Å². The third-order valence-electron chi connectivity index (χ3n) is 6.85. The number of benzene rings is 1. The first-order valence-corrected chi connectivity index (χ1v) is 13.4. The van der Waals surface area contributed by atoms with E-state index in [1.807, 2.05) is 17.4 Å². The molecule has 2 aromatic rings. The van der Waals surface area contributed by atoms with Crippen molar-refractivity contribution < 1.29 is 24.5 Å². The van der Waals surface area contributed by atoms with Crippen molar-refractivity contribution in [1.29, 1.82) is 0 Å². The number of carboxylic acids is 1. The van der Waals surface area contributed by atoms with Crippen LogP contribution in [0.15, 0.2) is 54.6 Å². The Morgan fingerprint density at radius 1 is 1.21 bits per heavy atom. The molecule has 34 heavy (non-hydrogen) atoms. The van der Waals surface area contributed by atoms with Crippen molar-refractivity contribution >= 4 is 27.4 Å². The number of unbranched alkanes of at least 4 members (excludes halogenated alkanes) is 1. The van der Waals surface area contributed by atoms with Gasteiger partial charge in [-0.3, -0.25) is 4.79 Å². The number of aliphatic hydroxyl groups is 1. The van der Waals surface area contributed by atoms with Gasteiger partial charge in [-0.25, -0.2) is 0 Å². The van der Waals surface area contributed by atoms with Gasteiger partial charge in [0.2, 0.25) is 0 Å². The Balaban J connectivity index is 1.40. The number of allylic oxidation sites excluding steroid dienone is 3. The Labute approximate surface area is 206 Å². The second kappa shape index (κ2) is 12.6. The van der Waals surface area contributed by atoms with E-state index in [1.165, 1.54) is 15.0 Å². The number of carboxylic acid groups (broad SMARTS) is 1. The smallest absolute Gasteiger partial charge is 0.303 e. The molecule has 1 aromatic carbocycles. The van der Waals surface area contributed by atoms with E-state index in [2.05, 4.69) is 48.6 Å². The van der Waals surface area contributed by atoms with Crippen LogP contribution in [0.1, 0.15) is 56.2 Å². The maximum atomic E-state index is 10.9. The summed E-state index contributed by atoms with van der Waals surface area (Å²) in [5, 5.41) is 21.0. The summed E-state index contributed by atoms with van der Waals surface area (Å²) in [6.45, 7) is 0.745. The summed E-state index contributed by atoms with van der Waals surface area (Å²) in [7, 11) is 0. The average Bonchev–Trinajstić information content (AvgIpc) is 3.37. The van der Waals surface area contributed by atoms with E-state index in [0.717, 1.165) is 45.1 Å². The molecule has 1 saturated heterocycles. The van der Waals surface area contributed by atoms with Gasteiger partial charge in [-0.1, -0.05) is 42.5 Å². The van der Waals surface area contributed by atoms with Crippen LogP contribution < -0.4 is 0 Å². The molecule has 2 fully saturated rings. The quantitative estimate of drug-likeness (QED) is 0.297. The van der Waals surface area contributed by atoms with Crippen LogP contribution in [0.25, 0.3) is 10.1 Å². The average molecular weight is 485 g/mol. The third-order valence-corrected chi connectivity index (χ3v) is 7.98. The highest BCUT2D eigenvalue weighted by atomic mass is 32.1. The lowest BCUT2D eigenvalue weighted by atomic mass is 9.89. The predicted molar refractivity (Wildman–Crippen MR) is 136 cm³/mol. The zero-order valence-electron chi connectivity index (χ0n) is 19.7. The Hall–Kier alpha value is -1.99. The van der Waals surface area contributed by atoms with Gasteiger partial charge in [0.25, 0.3) is 0 Å². The summed E-state index contributed by atoms with van der Waals surface area (Å²) in [6.07, 6.45) is 14.9. The summed E-state index contributed by atoms with van der Waals surface area (Å²) in [4.78, 5) is 12.0. The van der Waals surface area contributed by atoms with Crippen molar-refractivity contribution in [2.24, 2.45) is 11.8 Å². The molecule has 4 rings (SSSR count). The van der Waals surface area contributed by atoms with Gasteiger partial charge in [0, 0.05) is 34.9 Å².